The fourth-order valence-electron chi connectivity index (χ4n) is 1.64. The van der Waals surface area contributed by atoms with Crippen LogP contribution in [0.3, 0.4) is 0 Å². The van der Waals surface area contributed by atoms with E-state index in [1.165, 1.54) is 0 Å². The van der Waals surface area contributed by atoms with E-state index in [9.17, 15) is 9.59 Å². The van der Waals surface area contributed by atoms with Gasteiger partial charge in [-0.05, 0) is 19.9 Å². The minimum absolute atomic E-state index is 0.146. The van der Waals surface area contributed by atoms with Crippen molar-refractivity contribution in [3.05, 3.63) is 29.3 Å². The molecule has 0 amide bonds. The van der Waals surface area contributed by atoms with E-state index in [1.807, 2.05) is 6.92 Å². The number of aliphatic carboxylic acids is 1. The molecule has 0 aliphatic carbocycles. The van der Waals surface area contributed by atoms with Crippen molar-refractivity contribution in [3.63, 3.8) is 0 Å². The molecule has 0 heterocycles. The van der Waals surface area contributed by atoms with Gasteiger partial charge in [-0.3, -0.25) is 9.59 Å². The molecular formula is C13H15BrO4. The smallest absolute Gasteiger partial charge is 0.307 e. The molecule has 0 aliphatic rings. The molecule has 1 rings (SSSR count). The molecular weight excluding hydrogens is 300 g/mol. The van der Waals surface area contributed by atoms with E-state index in [1.54, 1.807) is 25.1 Å². The van der Waals surface area contributed by atoms with Crippen LogP contribution in [-0.2, 0) is 11.2 Å². The van der Waals surface area contributed by atoms with Crippen molar-refractivity contribution in [2.45, 2.75) is 25.1 Å². The van der Waals surface area contributed by atoms with Crippen LogP contribution in [0.15, 0.2) is 18.2 Å². The second-order valence-corrected chi connectivity index (χ2v) is 5.14. The molecule has 0 spiro atoms. The van der Waals surface area contributed by atoms with E-state index in [0.29, 0.717) is 23.5 Å². The van der Waals surface area contributed by atoms with Gasteiger partial charge in [-0.15, -0.1) is 0 Å². The largest absolute Gasteiger partial charge is 0.494 e. The predicted octanol–water partition coefficient (Wildman–Crippen LogP) is 2.68. The van der Waals surface area contributed by atoms with Gasteiger partial charge in [0.1, 0.15) is 5.75 Å². The van der Waals surface area contributed by atoms with Crippen LogP contribution in [0.1, 0.15) is 29.8 Å². The molecule has 1 unspecified atom stereocenters. The van der Waals surface area contributed by atoms with Crippen LogP contribution >= 0.6 is 15.9 Å². The zero-order valence-electron chi connectivity index (χ0n) is 10.3. The molecule has 0 radical (unpaired) electrons. The Morgan fingerprint density at radius 1 is 1.44 bits per heavy atom. The highest BCUT2D eigenvalue weighted by atomic mass is 79.9. The van der Waals surface area contributed by atoms with Crippen molar-refractivity contribution in [2.24, 2.45) is 0 Å². The van der Waals surface area contributed by atoms with Crippen molar-refractivity contribution in [1.29, 1.82) is 0 Å². The molecule has 1 atom stereocenters. The Morgan fingerprint density at radius 3 is 2.61 bits per heavy atom. The summed E-state index contributed by atoms with van der Waals surface area (Å²) < 4.78 is 5.38. The highest BCUT2D eigenvalue weighted by molar-refractivity contribution is 9.10. The Bertz CT molecular complexity index is 454. The first-order valence-electron chi connectivity index (χ1n) is 5.62. The second kappa shape index (κ2) is 6.54. The second-order valence-electron chi connectivity index (χ2n) is 3.77. The Hall–Kier alpha value is -1.36. The fourth-order valence-corrected chi connectivity index (χ4v) is 1.88. The van der Waals surface area contributed by atoms with Crippen molar-refractivity contribution >= 4 is 27.7 Å². The van der Waals surface area contributed by atoms with Crippen LogP contribution in [0.5, 0.6) is 5.75 Å². The normalized spacial score (nSPS) is 11.9. The lowest BCUT2D eigenvalue weighted by molar-refractivity contribution is -0.136. The first-order chi connectivity index (χ1) is 8.47. The summed E-state index contributed by atoms with van der Waals surface area (Å²) in [6.07, 6.45) is -0.225. The monoisotopic (exact) mass is 314 g/mol. The molecule has 0 aromatic heterocycles. The number of hydrogen-bond acceptors (Lipinski definition) is 3. The average molecular weight is 315 g/mol. The van der Waals surface area contributed by atoms with Gasteiger partial charge < -0.3 is 9.84 Å². The van der Waals surface area contributed by atoms with Crippen molar-refractivity contribution < 1.29 is 19.4 Å². The van der Waals surface area contributed by atoms with Gasteiger partial charge in [0.15, 0.2) is 5.78 Å². The van der Waals surface area contributed by atoms with Gasteiger partial charge in [-0.25, -0.2) is 0 Å². The third-order valence-electron chi connectivity index (χ3n) is 2.39. The van der Waals surface area contributed by atoms with Crippen molar-refractivity contribution in [3.8, 4) is 5.75 Å². The molecule has 0 aliphatic heterocycles. The first kappa shape index (κ1) is 14.7. The number of ether oxygens (including phenoxy) is 1. The van der Waals surface area contributed by atoms with Crippen LogP contribution < -0.4 is 4.74 Å². The van der Waals surface area contributed by atoms with E-state index in [2.05, 4.69) is 15.9 Å². The number of halogens is 1. The quantitative estimate of drug-likeness (QED) is 0.647. The zero-order valence-corrected chi connectivity index (χ0v) is 11.9. The highest BCUT2D eigenvalue weighted by Gasteiger charge is 2.20. The molecule has 0 fully saturated rings. The maximum absolute atomic E-state index is 12.0. The van der Waals surface area contributed by atoms with Crippen LogP contribution in [-0.4, -0.2) is 28.3 Å². The number of hydrogen-bond donors (Lipinski definition) is 1. The van der Waals surface area contributed by atoms with Gasteiger partial charge in [-0.2, -0.15) is 0 Å². The Balaban J connectivity index is 3.27. The van der Waals surface area contributed by atoms with Crippen LogP contribution in [0.4, 0.5) is 0 Å². The summed E-state index contributed by atoms with van der Waals surface area (Å²) in [6, 6.07) is 5.00. The lowest BCUT2D eigenvalue weighted by atomic mass is 9.98. The van der Waals surface area contributed by atoms with E-state index in [-0.39, 0.29) is 17.0 Å². The standard InChI is InChI=1S/C13H15BrO4/c1-3-18-11-6-4-5-9(13(17)8(2)14)10(11)7-12(15)16/h4-6,8H,3,7H2,1-2H3,(H,15,16). The summed E-state index contributed by atoms with van der Waals surface area (Å²) in [7, 11) is 0. The Morgan fingerprint density at radius 2 is 2.11 bits per heavy atom. The third kappa shape index (κ3) is 3.57. The summed E-state index contributed by atoms with van der Waals surface area (Å²) in [6.45, 7) is 3.94. The van der Waals surface area contributed by atoms with Gasteiger partial charge in [0.05, 0.1) is 17.9 Å². The van der Waals surface area contributed by atoms with Crippen LogP contribution in [0, 0.1) is 0 Å². The third-order valence-corrected chi connectivity index (χ3v) is 2.80. The van der Waals surface area contributed by atoms with Gasteiger partial charge in [0.2, 0.25) is 0 Å². The number of ketones is 1. The lowest BCUT2D eigenvalue weighted by Gasteiger charge is -2.13. The summed E-state index contributed by atoms with van der Waals surface area (Å²) in [4.78, 5) is 22.5. The maximum Gasteiger partial charge on any atom is 0.307 e. The van der Waals surface area contributed by atoms with E-state index in [0.717, 1.165) is 0 Å². The number of Topliss-reactive ketones (excluding diaryl/α,β-unsaturated/α-hetero) is 1. The van der Waals surface area contributed by atoms with Crippen molar-refractivity contribution in [1.82, 2.24) is 0 Å². The number of benzene rings is 1. The Labute approximate surface area is 114 Å². The van der Waals surface area contributed by atoms with Gasteiger partial charge in [-0.1, -0.05) is 28.1 Å². The van der Waals surface area contributed by atoms with E-state index >= 15 is 0 Å². The van der Waals surface area contributed by atoms with Crippen molar-refractivity contribution in [2.75, 3.05) is 6.61 Å². The van der Waals surface area contributed by atoms with E-state index in [4.69, 9.17) is 9.84 Å². The Kier molecular flexibility index (Phi) is 5.34. The van der Waals surface area contributed by atoms with Crippen LogP contribution in [0.2, 0.25) is 0 Å². The predicted molar refractivity (Wildman–Crippen MR) is 71.7 cm³/mol. The first-order valence-corrected chi connectivity index (χ1v) is 6.53. The SMILES string of the molecule is CCOc1cccc(C(=O)C(C)Br)c1CC(=O)O. The summed E-state index contributed by atoms with van der Waals surface area (Å²) in [5, 5.41) is 8.93. The number of carbonyl (C=O) groups excluding carboxylic acids is 1. The van der Waals surface area contributed by atoms with Crippen LogP contribution in [0.25, 0.3) is 0 Å². The molecule has 0 saturated heterocycles. The molecule has 1 aromatic carbocycles. The fraction of sp³-hybridized carbons (Fsp3) is 0.385. The molecule has 18 heavy (non-hydrogen) atoms. The average Bonchev–Trinajstić information content (AvgIpc) is 2.30. The number of rotatable bonds is 6. The molecule has 1 aromatic rings. The topological polar surface area (TPSA) is 63.6 Å². The van der Waals surface area contributed by atoms with E-state index < -0.39 is 5.97 Å². The van der Waals surface area contributed by atoms with Gasteiger partial charge >= 0.3 is 5.97 Å². The zero-order chi connectivity index (χ0) is 13.7. The molecule has 0 bridgehead atoms. The molecule has 0 saturated carbocycles. The molecule has 1 N–H and O–H groups in total. The summed E-state index contributed by atoms with van der Waals surface area (Å²) >= 11 is 3.20. The maximum atomic E-state index is 12.0. The minimum Gasteiger partial charge on any atom is -0.494 e. The summed E-state index contributed by atoms with van der Waals surface area (Å²) in [5.74, 6) is -0.676. The molecule has 5 heteroatoms. The van der Waals surface area contributed by atoms with Gasteiger partial charge in [0.25, 0.3) is 0 Å². The number of alkyl halides is 1. The number of carboxylic acids is 1. The molecule has 98 valence electrons. The number of carbonyl (C=O) groups is 2. The molecule has 4 nitrogen and oxygen atoms in total. The minimum atomic E-state index is -0.988. The number of carboxylic acid groups (broad SMARTS) is 1. The summed E-state index contributed by atoms with van der Waals surface area (Å²) in [5.41, 5.74) is 0.830. The van der Waals surface area contributed by atoms with Gasteiger partial charge in [0, 0.05) is 11.1 Å². The lowest BCUT2D eigenvalue weighted by Crippen LogP contribution is -2.15. The highest BCUT2D eigenvalue weighted by Crippen LogP contribution is 2.25.